The third-order valence-electron chi connectivity index (χ3n) is 4.56. The van der Waals surface area contributed by atoms with Crippen molar-refractivity contribution in [3.05, 3.63) is 91.4 Å². The van der Waals surface area contributed by atoms with Crippen LogP contribution in [-0.2, 0) is 11.4 Å². The van der Waals surface area contributed by atoms with Gasteiger partial charge in [0, 0.05) is 5.02 Å². The fraction of sp³-hybridized carbons (Fsp3) is 0.120. The number of rotatable bonds is 7. The van der Waals surface area contributed by atoms with E-state index < -0.39 is 0 Å². The van der Waals surface area contributed by atoms with Gasteiger partial charge in [0.05, 0.1) is 20.8 Å². The zero-order chi connectivity index (χ0) is 23.2. The number of ether oxygens (including phenoxy) is 2. The molecule has 1 amide bonds. The van der Waals surface area contributed by atoms with E-state index in [1.807, 2.05) is 55.5 Å². The number of benzene rings is 3. The Morgan fingerprint density at radius 1 is 1.09 bits per heavy atom. The Balaban J connectivity index is 1.55. The van der Waals surface area contributed by atoms with Crippen molar-refractivity contribution in [1.29, 1.82) is 0 Å². The molecule has 1 heterocycles. The van der Waals surface area contributed by atoms with Gasteiger partial charge in [-0.05, 0) is 94.9 Å². The molecule has 4 rings (SSSR count). The summed E-state index contributed by atoms with van der Waals surface area (Å²) >= 11 is 9.45. The zero-order valence-electron chi connectivity index (χ0n) is 17.7. The minimum Gasteiger partial charge on any atom is -0.490 e. The van der Waals surface area contributed by atoms with Gasteiger partial charge in [-0.25, -0.2) is 4.99 Å². The van der Waals surface area contributed by atoms with Gasteiger partial charge in [-0.1, -0.05) is 41.9 Å². The average Bonchev–Trinajstić information content (AvgIpc) is 3.14. The van der Waals surface area contributed by atoms with Crippen molar-refractivity contribution in [2.24, 2.45) is 4.99 Å². The highest BCUT2D eigenvalue weighted by molar-refractivity contribution is 14.1. The summed E-state index contributed by atoms with van der Waals surface area (Å²) in [6, 6.07) is 21.0. The SMILES string of the molecule is CCOc1cc(/C=C2\SC(=Nc3ccc(Cl)cc3)NC2=O)cc(I)c1OCc1ccccc1. The maximum absolute atomic E-state index is 12.5. The molecule has 0 unspecified atom stereocenters. The van der Waals surface area contributed by atoms with Gasteiger partial charge < -0.3 is 14.8 Å². The highest BCUT2D eigenvalue weighted by Crippen LogP contribution is 2.37. The molecular formula is C25H20ClIN2O3S. The van der Waals surface area contributed by atoms with E-state index in [0.717, 1.165) is 20.4 Å². The van der Waals surface area contributed by atoms with Crippen LogP contribution in [0.1, 0.15) is 18.1 Å². The van der Waals surface area contributed by atoms with Crippen LogP contribution in [0.3, 0.4) is 0 Å². The van der Waals surface area contributed by atoms with Gasteiger partial charge in [0.2, 0.25) is 0 Å². The first kappa shape index (κ1) is 23.7. The summed E-state index contributed by atoms with van der Waals surface area (Å²) in [6.07, 6.45) is 1.83. The molecule has 1 saturated heterocycles. The van der Waals surface area contributed by atoms with Crippen LogP contribution in [0.5, 0.6) is 11.5 Å². The first-order valence-electron chi connectivity index (χ1n) is 10.2. The van der Waals surface area contributed by atoms with E-state index in [4.69, 9.17) is 21.1 Å². The van der Waals surface area contributed by atoms with Crippen LogP contribution >= 0.6 is 46.0 Å². The molecule has 3 aromatic rings. The second-order valence-corrected chi connectivity index (χ2v) is 9.62. The minimum absolute atomic E-state index is 0.190. The third-order valence-corrected chi connectivity index (χ3v) is 6.53. The van der Waals surface area contributed by atoms with E-state index >= 15 is 0 Å². The summed E-state index contributed by atoms with van der Waals surface area (Å²) in [7, 11) is 0. The molecule has 168 valence electrons. The van der Waals surface area contributed by atoms with Crippen LogP contribution in [0.4, 0.5) is 5.69 Å². The lowest BCUT2D eigenvalue weighted by Crippen LogP contribution is -2.19. The summed E-state index contributed by atoms with van der Waals surface area (Å²) in [6.45, 7) is 2.88. The molecule has 33 heavy (non-hydrogen) atoms. The maximum atomic E-state index is 12.5. The summed E-state index contributed by atoms with van der Waals surface area (Å²) in [5, 5.41) is 3.97. The van der Waals surface area contributed by atoms with Crippen LogP contribution in [0.15, 0.2) is 76.6 Å². The largest absolute Gasteiger partial charge is 0.490 e. The third kappa shape index (κ3) is 6.31. The lowest BCUT2D eigenvalue weighted by molar-refractivity contribution is -0.115. The van der Waals surface area contributed by atoms with Crippen molar-refractivity contribution < 1.29 is 14.3 Å². The number of hydrogen-bond acceptors (Lipinski definition) is 5. The average molecular weight is 591 g/mol. The van der Waals surface area contributed by atoms with Crippen molar-refractivity contribution in [3.63, 3.8) is 0 Å². The number of hydrogen-bond donors (Lipinski definition) is 1. The van der Waals surface area contributed by atoms with Gasteiger partial charge in [-0.15, -0.1) is 0 Å². The van der Waals surface area contributed by atoms with Gasteiger partial charge in [0.1, 0.15) is 6.61 Å². The molecule has 1 N–H and O–H groups in total. The number of nitrogens with zero attached hydrogens (tertiary/aromatic N) is 1. The molecule has 5 nitrogen and oxygen atoms in total. The smallest absolute Gasteiger partial charge is 0.264 e. The van der Waals surface area contributed by atoms with E-state index in [-0.39, 0.29) is 5.91 Å². The van der Waals surface area contributed by atoms with E-state index in [2.05, 4.69) is 32.9 Å². The quantitative estimate of drug-likeness (QED) is 0.243. The number of nitrogens with one attached hydrogen (secondary N) is 1. The fourth-order valence-corrected chi connectivity index (χ4v) is 4.82. The molecule has 1 fully saturated rings. The van der Waals surface area contributed by atoms with Gasteiger partial charge in [-0.3, -0.25) is 4.79 Å². The van der Waals surface area contributed by atoms with Crippen molar-refractivity contribution in [1.82, 2.24) is 5.32 Å². The van der Waals surface area contributed by atoms with Crippen LogP contribution in [-0.4, -0.2) is 17.7 Å². The highest BCUT2D eigenvalue weighted by atomic mass is 127. The van der Waals surface area contributed by atoms with Crippen molar-refractivity contribution in [3.8, 4) is 11.5 Å². The molecule has 1 aliphatic rings. The molecule has 0 spiro atoms. The first-order chi connectivity index (χ1) is 16.0. The summed E-state index contributed by atoms with van der Waals surface area (Å²) in [5.74, 6) is 1.15. The molecule has 1 aliphatic heterocycles. The molecule has 0 aromatic heterocycles. The molecule has 8 heteroatoms. The first-order valence-corrected chi connectivity index (χ1v) is 12.5. The Morgan fingerprint density at radius 3 is 2.58 bits per heavy atom. The minimum atomic E-state index is -0.190. The number of thioether (sulfide) groups is 1. The molecular weight excluding hydrogens is 571 g/mol. The second kappa shape index (κ2) is 11.1. The van der Waals surface area contributed by atoms with Gasteiger partial charge >= 0.3 is 0 Å². The molecule has 3 aromatic carbocycles. The topological polar surface area (TPSA) is 59.9 Å². The zero-order valence-corrected chi connectivity index (χ0v) is 21.4. The predicted octanol–water partition coefficient (Wildman–Crippen LogP) is 6.81. The predicted molar refractivity (Wildman–Crippen MR) is 143 cm³/mol. The summed E-state index contributed by atoms with van der Waals surface area (Å²) in [5.41, 5.74) is 2.64. The normalized spacial score (nSPS) is 15.7. The highest BCUT2D eigenvalue weighted by Gasteiger charge is 2.24. The number of amides is 1. The maximum Gasteiger partial charge on any atom is 0.264 e. The van der Waals surface area contributed by atoms with E-state index in [9.17, 15) is 4.79 Å². The lowest BCUT2D eigenvalue weighted by atomic mass is 10.2. The van der Waals surface area contributed by atoms with Crippen LogP contribution in [0.25, 0.3) is 6.08 Å². The standard InChI is InChI=1S/C25H20ClIN2O3S/c1-2-31-21-13-17(12-20(27)23(21)32-15-16-6-4-3-5-7-16)14-22-24(30)29-25(33-22)28-19-10-8-18(26)9-11-19/h3-14H,2,15H2,1H3,(H,28,29,30)/b22-14-. The van der Waals surface area contributed by atoms with E-state index in [0.29, 0.717) is 39.8 Å². The number of carbonyl (C=O) groups excluding carboxylic acids is 1. The number of amidine groups is 1. The van der Waals surface area contributed by atoms with Crippen LogP contribution in [0.2, 0.25) is 5.02 Å². The van der Waals surface area contributed by atoms with Crippen LogP contribution in [0, 0.1) is 3.57 Å². The Hall–Kier alpha value is -2.49. The second-order valence-electron chi connectivity index (χ2n) is 7.00. The van der Waals surface area contributed by atoms with Crippen LogP contribution < -0.4 is 14.8 Å². The van der Waals surface area contributed by atoms with Crippen molar-refractivity contribution in [2.45, 2.75) is 13.5 Å². The molecule has 0 saturated carbocycles. The monoisotopic (exact) mass is 590 g/mol. The Bertz CT molecular complexity index is 1210. The molecule has 0 radical (unpaired) electrons. The van der Waals surface area contributed by atoms with E-state index in [1.54, 1.807) is 24.3 Å². The summed E-state index contributed by atoms with van der Waals surface area (Å²) in [4.78, 5) is 17.5. The Morgan fingerprint density at radius 2 is 1.85 bits per heavy atom. The van der Waals surface area contributed by atoms with Gasteiger partial charge in [0.15, 0.2) is 16.7 Å². The summed E-state index contributed by atoms with van der Waals surface area (Å²) < 4.78 is 12.8. The van der Waals surface area contributed by atoms with Crippen molar-refractivity contribution in [2.75, 3.05) is 6.61 Å². The van der Waals surface area contributed by atoms with Gasteiger partial charge in [-0.2, -0.15) is 0 Å². The van der Waals surface area contributed by atoms with E-state index in [1.165, 1.54) is 11.8 Å². The Labute approximate surface area is 215 Å². The molecule has 0 bridgehead atoms. The Kier molecular flexibility index (Phi) is 7.95. The lowest BCUT2D eigenvalue weighted by Gasteiger charge is -2.15. The number of carbonyl (C=O) groups is 1. The number of aliphatic imine (C=N–C) groups is 1. The van der Waals surface area contributed by atoms with Crippen molar-refractivity contribution >= 4 is 68.8 Å². The van der Waals surface area contributed by atoms with Gasteiger partial charge in [0.25, 0.3) is 5.91 Å². The molecule has 0 aliphatic carbocycles. The molecule has 0 atom stereocenters. The fourth-order valence-electron chi connectivity index (χ4n) is 3.07. The number of halogens is 2.